The molecule has 0 aromatic heterocycles. The fourth-order valence-corrected chi connectivity index (χ4v) is 6.41. The number of rotatable bonds is 6. The molecule has 0 aliphatic carbocycles. The molecule has 2 aromatic rings. The molecule has 188 valence electrons. The van der Waals surface area contributed by atoms with Gasteiger partial charge in [0.2, 0.25) is 21.8 Å². The zero-order valence-corrected chi connectivity index (χ0v) is 21.2. The molecule has 1 saturated heterocycles. The van der Waals surface area contributed by atoms with E-state index < -0.39 is 10.0 Å². The van der Waals surface area contributed by atoms with Crippen LogP contribution in [-0.4, -0.2) is 57.9 Å². The zero-order chi connectivity index (χ0) is 25.3. The van der Waals surface area contributed by atoms with E-state index in [1.807, 2.05) is 6.92 Å². The highest BCUT2D eigenvalue weighted by atomic mass is 32.2. The number of fused-ring (bicyclic) bond motifs is 1. The Bertz CT molecular complexity index is 1240. The Morgan fingerprint density at radius 3 is 2.37 bits per heavy atom. The van der Waals surface area contributed by atoms with E-state index in [-0.39, 0.29) is 41.8 Å². The van der Waals surface area contributed by atoms with Crippen LogP contribution >= 0.6 is 0 Å². The van der Waals surface area contributed by atoms with Crippen LogP contribution in [0, 0.1) is 5.92 Å². The molecule has 9 nitrogen and oxygen atoms in total. The van der Waals surface area contributed by atoms with Crippen molar-refractivity contribution >= 4 is 33.2 Å². The van der Waals surface area contributed by atoms with Gasteiger partial charge in [-0.3, -0.25) is 9.59 Å². The number of hydrogen-bond acceptors (Lipinski definition) is 6. The second kappa shape index (κ2) is 9.87. The van der Waals surface area contributed by atoms with Gasteiger partial charge in [0.1, 0.15) is 11.5 Å². The first-order valence-corrected chi connectivity index (χ1v) is 13.1. The molecule has 2 aliphatic rings. The molecular weight excluding hydrogens is 470 g/mol. The topological polar surface area (TPSA) is 105 Å². The maximum Gasteiger partial charge on any atom is 0.243 e. The fraction of sp³-hybridized carbons (Fsp3) is 0.440. The van der Waals surface area contributed by atoms with Gasteiger partial charge in [0.15, 0.2) is 0 Å². The van der Waals surface area contributed by atoms with Crippen molar-refractivity contribution < 1.29 is 27.5 Å². The van der Waals surface area contributed by atoms with E-state index in [0.29, 0.717) is 36.4 Å². The van der Waals surface area contributed by atoms with Crippen molar-refractivity contribution in [3.8, 4) is 11.5 Å². The summed E-state index contributed by atoms with van der Waals surface area (Å²) in [6, 6.07) is 10.1. The van der Waals surface area contributed by atoms with Gasteiger partial charge in [0, 0.05) is 43.7 Å². The number of anilines is 2. The summed E-state index contributed by atoms with van der Waals surface area (Å²) in [7, 11) is -0.628. The average Bonchev–Trinajstić information content (AvgIpc) is 3.19. The van der Waals surface area contributed by atoms with E-state index >= 15 is 0 Å². The molecule has 35 heavy (non-hydrogen) atoms. The first-order valence-electron chi connectivity index (χ1n) is 11.6. The number of piperidine rings is 1. The largest absolute Gasteiger partial charge is 0.497 e. The van der Waals surface area contributed by atoms with Gasteiger partial charge in [-0.25, -0.2) is 8.42 Å². The van der Waals surface area contributed by atoms with Gasteiger partial charge in [0.05, 0.1) is 24.8 Å². The second-order valence-electron chi connectivity index (χ2n) is 8.97. The highest BCUT2D eigenvalue weighted by molar-refractivity contribution is 7.89. The van der Waals surface area contributed by atoms with Crippen LogP contribution in [0.2, 0.25) is 0 Å². The van der Waals surface area contributed by atoms with E-state index in [1.165, 1.54) is 18.3 Å². The molecule has 1 fully saturated rings. The summed E-state index contributed by atoms with van der Waals surface area (Å²) < 4.78 is 38.6. The van der Waals surface area contributed by atoms with E-state index in [4.69, 9.17) is 9.47 Å². The van der Waals surface area contributed by atoms with Gasteiger partial charge in [-0.05, 0) is 62.1 Å². The summed E-state index contributed by atoms with van der Waals surface area (Å²) in [5.74, 6) is 0.583. The summed E-state index contributed by atoms with van der Waals surface area (Å²) in [4.78, 5) is 26.8. The van der Waals surface area contributed by atoms with Gasteiger partial charge >= 0.3 is 0 Å². The Morgan fingerprint density at radius 1 is 1.03 bits per heavy atom. The average molecular weight is 502 g/mol. The number of benzene rings is 2. The lowest BCUT2D eigenvalue weighted by atomic mass is 9.97. The first kappa shape index (κ1) is 25.0. The minimum atomic E-state index is -3.70. The molecule has 0 bridgehead atoms. The van der Waals surface area contributed by atoms with Crippen molar-refractivity contribution in [3.05, 3.63) is 42.0 Å². The molecule has 4 rings (SSSR count). The summed E-state index contributed by atoms with van der Waals surface area (Å²) in [6.07, 6.45) is 1.46. The highest BCUT2D eigenvalue weighted by Crippen LogP contribution is 2.35. The number of nitrogens with one attached hydrogen (secondary N) is 1. The van der Waals surface area contributed by atoms with E-state index in [0.717, 1.165) is 11.3 Å². The standard InChI is InChI=1S/C25H31N3O6S/c1-16-13-19-14-21(6-8-23(19)28(16)17(2)29)35(31,32)27-11-9-18(10-12-27)25(30)26-22-7-5-20(33-3)15-24(22)34-4/h5-8,14-16,18H,9-13H2,1-4H3,(H,26,30)/t16-/m1/s1. The lowest BCUT2D eigenvalue weighted by Gasteiger charge is -2.30. The summed E-state index contributed by atoms with van der Waals surface area (Å²) in [5, 5.41) is 2.89. The lowest BCUT2D eigenvalue weighted by molar-refractivity contribution is -0.121. The minimum absolute atomic E-state index is 0.000891. The van der Waals surface area contributed by atoms with Crippen LogP contribution in [0.25, 0.3) is 0 Å². The molecule has 2 aromatic carbocycles. The van der Waals surface area contributed by atoms with Crippen molar-refractivity contribution in [1.29, 1.82) is 0 Å². The van der Waals surface area contributed by atoms with Crippen LogP contribution in [0.5, 0.6) is 11.5 Å². The van der Waals surface area contributed by atoms with Crippen molar-refractivity contribution in [3.63, 3.8) is 0 Å². The number of sulfonamides is 1. The Morgan fingerprint density at radius 2 is 1.74 bits per heavy atom. The fourth-order valence-electron chi connectivity index (χ4n) is 4.89. The van der Waals surface area contributed by atoms with Crippen molar-refractivity contribution in [1.82, 2.24) is 4.31 Å². The number of nitrogens with zero attached hydrogens (tertiary/aromatic N) is 2. The predicted molar refractivity (Wildman–Crippen MR) is 132 cm³/mol. The van der Waals surface area contributed by atoms with Gasteiger partial charge < -0.3 is 19.7 Å². The molecule has 1 N–H and O–H groups in total. The second-order valence-corrected chi connectivity index (χ2v) is 10.9. The molecule has 1 atom stereocenters. The van der Waals surface area contributed by atoms with Gasteiger partial charge in [-0.2, -0.15) is 4.31 Å². The SMILES string of the molecule is COc1ccc(NC(=O)C2CCN(S(=O)(=O)c3ccc4c(c3)C[C@@H](C)N4C(C)=O)CC2)c(OC)c1. The number of carbonyl (C=O) groups is 2. The molecule has 10 heteroatoms. The normalized spacial score (nSPS) is 18.7. The third-order valence-corrected chi connectivity index (χ3v) is 8.63. The van der Waals surface area contributed by atoms with Gasteiger partial charge in [-0.1, -0.05) is 0 Å². The number of ether oxygens (including phenoxy) is 2. The van der Waals surface area contributed by atoms with Gasteiger partial charge in [-0.15, -0.1) is 0 Å². The molecule has 2 amide bonds. The maximum atomic E-state index is 13.3. The molecule has 0 radical (unpaired) electrons. The summed E-state index contributed by atoms with van der Waals surface area (Å²) in [5.41, 5.74) is 2.17. The predicted octanol–water partition coefficient (Wildman–Crippen LogP) is 3.04. The van der Waals surface area contributed by atoms with E-state index in [9.17, 15) is 18.0 Å². The van der Waals surface area contributed by atoms with Crippen LogP contribution in [0.1, 0.15) is 32.3 Å². The molecule has 2 aliphatic heterocycles. The Labute approximate surface area is 206 Å². The van der Waals surface area contributed by atoms with Crippen molar-refractivity contribution in [2.45, 2.75) is 44.0 Å². The molecule has 2 heterocycles. The summed E-state index contributed by atoms with van der Waals surface area (Å²) in [6.45, 7) is 3.98. The van der Waals surface area contributed by atoms with E-state index in [1.54, 1.807) is 48.4 Å². The Kier molecular flexibility index (Phi) is 7.05. The van der Waals surface area contributed by atoms with E-state index in [2.05, 4.69) is 5.32 Å². The highest BCUT2D eigenvalue weighted by Gasteiger charge is 2.34. The minimum Gasteiger partial charge on any atom is -0.497 e. The molecule has 0 saturated carbocycles. The molecule has 0 unspecified atom stereocenters. The van der Waals surface area contributed by atoms with Crippen molar-refractivity contribution in [2.75, 3.05) is 37.5 Å². The molecule has 0 spiro atoms. The summed E-state index contributed by atoms with van der Waals surface area (Å²) >= 11 is 0. The number of hydrogen-bond donors (Lipinski definition) is 1. The first-order chi connectivity index (χ1) is 16.6. The number of amides is 2. The van der Waals surface area contributed by atoms with Gasteiger partial charge in [0.25, 0.3) is 0 Å². The van der Waals surface area contributed by atoms with Crippen LogP contribution in [0.15, 0.2) is 41.3 Å². The maximum absolute atomic E-state index is 13.3. The van der Waals surface area contributed by atoms with Crippen LogP contribution in [-0.2, 0) is 26.0 Å². The third-order valence-electron chi connectivity index (χ3n) is 6.73. The smallest absolute Gasteiger partial charge is 0.243 e. The number of methoxy groups -OCH3 is 2. The molecular formula is C25H31N3O6S. The third kappa shape index (κ3) is 4.85. The quantitative estimate of drug-likeness (QED) is 0.652. The lowest BCUT2D eigenvalue weighted by Crippen LogP contribution is -2.41. The monoisotopic (exact) mass is 501 g/mol. The van der Waals surface area contributed by atoms with Crippen LogP contribution in [0.4, 0.5) is 11.4 Å². The zero-order valence-electron chi connectivity index (χ0n) is 20.4. The van der Waals surface area contributed by atoms with Crippen molar-refractivity contribution in [2.24, 2.45) is 5.92 Å². The number of carbonyl (C=O) groups excluding carboxylic acids is 2. The van der Waals surface area contributed by atoms with Crippen LogP contribution in [0.3, 0.4) is 0 Å². The Balaban J connectivity index is 1.42. The Hall–Kier alpha value is -3.11. The van der Waals surface area contributed by atoms with Crippen LogP contribution < -0.4 is 19.7 Å².